The smallest absolute Gasteiger partial charge is 0.162 e. The molecule has 4 aromatic rings. The average molecular weight is 424 g/mol. The molecular formula is C20H12BrClN4. The summed E-state index contributed by atoms with van der Waals surface area (Å²) in [4.78, 5) is 1.65. The predicted molar refractivity (Wildman–Crippen MR) is 110 cm³/mol. The highest BCUT2D eigenvalue weighted by Gasteiger charge is 2.21. The lowest BCUT2D eigenvalue weighted by atomic mass is 10.0. The summed E-state index contributed by atoms with van der Waals surface area (Å²) in [5.41, 5.74) is 4.70. The van der Waals surface area contributed by atoms with Gasteiger partial charge in [0.25, 0.3) is 0 Å². The Morgan fingerprint density at radius 2 is 1.81 bits per heavy atom. The van der Waals surface area contributed by atoms with E-state index in [1.165, 1.54) is 0 Å². The van der Waals surface area contributed by atoms with Crippen molar-refractivity contribution < 1.29 is 0 Å². The summed E-state index contributed by atoms with van der Waals surface area (Å²) in [6, 6.07) is 21.9. The van der Waals surface area contributed by atoms with Crippen molar-refractivity contribution in [2.75, 3.05) is 5.32 Å². The average Bonchev–Trinajstić information content (AvgIpc) is 2.89. The molecule has 26 heavy (non-hydrogen) atoms. The third kappa shape index (κ3) is 2.52. The minimum absolute atomic E-state index is 0.669. The maximum Gasteiger partial charge on any atom is 0.162 e. The summed E-state index contributed by atoms with van der Waals surface area (Å²) in [6.07, 6.45) is 0. The molecule has 0 aliphatic carbocycles. The van der Waals surface area contributed by atoms with Gasteiger partial charge in [0.05, 0.1) is 5.52 Å². The van der Waals surface area contributed by atoms with E-state index in [1.54, 1.807) is 4.79 Å². The van der Waals surface area contributed by atoms with E-state index in [2.05, 4.69) is 44.5 Å². The van der Waals surface area contributed by atoms with Gasteiger partial charge in [0, 0.05) is 31.7 Å². The topological polar surface area (TPSA) is 42.2 Å². The van der Waals surface area contributed by atoms with E-state index in [0.29, 0.717) is 5.02 Å². The van der Waals surface area contributed by atoms with E-state index in [-0.39, 0.29) is 0 Å². The largest absolute Gasteiger partial charge is 0.338 e. The monoisotopic (exact) mass is 422 g/mol. The van der Waals surface area contributed by atoms with Crippen LogP contribution in [0.2, 0.25) is 5.02 Å². The Morgan fingerprint density at radius 1 is 0.962 bits per heavy atom. The van der Waals surface area contributed by atoms with Crippen molar-refractivity contribution in [3.63, 3.8) is 0 Å². The molecule has 4 nitrogen and oxygen atoms in total. The van der Waals surface area contributed by atoms with Crippen molar-refractivity contribution in [2.24, 2.45) is 5.10 Å². The molecule has 5 rings (SSSR count). The first kappa shape index (κ1) is 15.6. The summed E-state index contributed by atoms with van der Waals surface area (Å²) < 4.78 is 0.995. The van der Waals surface area contributed by atoms with Crippen LogP contribution in [0.25, 0.3) is 10.9 Å². The van der Waals surface area contributed by atoms with Crippen LogP contribution in [0, 0.1) is 0 Å². The number of anilines is 2. The number of nitrogens with one attached hydrogen (secondary N) is 1. The lowest BCUT2D eigenvalue weighted by Crippen LogP contribution is -2.06. The van der Waals surface area contributed by atoms with Crippen LogP contribution in [0.3, 0.4) is 0 Å². The Balaban J connectivity index is 1.84. The molecule has 126 valence electrons. The standard InChI is InChI=1S/C20H12BrClN4/c21-13-6-8-17-15(10-13)19(12-4-2-1-3-5-12)25-26-20(23-17)16-11-14(22)7-9-18(16)24-26/h1-11,23H. The zero-order chi connectivity index (χ0) is 17.7. The molecule has 0 saturated carbocycles. The number of hydrogen-bond donors (Lipinski definition) is 1. The molecule has 0 atom stereocenters. The Bertz CT molecular complexity index is 1180. The van der Waals surface area contributed by atoms with Gasteiger partial charge in [-0.3, -0.25) is 0 Å². The molecule has 6 heteroatoms. The summed E-state index contributed by atoms with van der Waals surface area (Å²) >= 11 is 9.77. The SMILES string of the molecule is Clc1ccc2nn3c(c2c1)Nc1ccc(Br)cc1C(c1ccccc1)=N3. The van der Waals surface area contributed by atoms with E-state index >= 15 is 0 Å². The molecule has 2 heterocycles. The van der Waals surface area contributed by atoms with Crippen LogP contribution in [0.4, 0.5) is 11.5 Å². The van der Waals surface area contributed by atoms with Gasteiger partial charge in [-0.15, -0.1) is 15.0 Å². The number of nitrogens with zero attached hydrogens (tertiary/aromatic N) is 3. The van der Waals surface area contributed by atoms with Crippen LogP contribution in [0.15, 0.2) is 76.3 Å². The Hall–Kier alpha value is -2.63. The summed E-state index contributed by atoms with van der Waals surface area (Å²) in [7, 11) is 0. The van der Waals surface area contributed by atoms with Gasteiger partial charge in [0.1, 0.15) is 5.71 Å². The lowest BCUT2D eigenvalue weighted by Gasteiger charge is -2.10. The van der Waals surface area contributed by atoms with Crippen LogP contribution >= 0.6 is 27.5 Å². The molecule has 0 unspecified atom stereocenters. The Kier molecular flexibility index (Phi) is 3.58. The van der Waals surface area contributed by atoms with Crippen molar-refractivity contribution in [1.82, 2.24) is 9.89 Å². The van der Waals surface area contributed by atoms with Crippen molar-refractivity contribution in [2.45, 2.75) is 0 Å². The van der Waals surface area contributed by atoms with E-state index < -0.39 is 0 Å². The highest BCUT2D eigenvalue weighted by molar-refractivity contribution is 9.10. The Morgan fingerprint density at radius 3 is 2.65 bits per heavy atom. The van der Waals surface area contributed by atoms with Gasteiger partial charge in [0.2, 0.25) is 0 Å². The molecule has 0 saturated heterocycles. The van der Waals surface area contributed by atoms with Crippen molar-refractivity contribution in [3.05, 3.63) is 87.4 Å². The van der Waals surface area contributed by atoms with Crippen LogP contribution in [-0.2, 0) is 0 Å². The van der Waals surface area contributed by atoms with Crippen molar-refractivity contribution in [3.8, 4) is 0 Å². The van der Waals surface area contributed by atoms with Crippen molar-refractivity contribution in [1.29, 1.82) is 0 Å². The molecule has 0 spiro atoms. The normalized spacial score (nSPS) is 12.8. The molecule has 0 radical (unpaired) electrons. The number of fused-ring (bicyclic) bond motifs is 4. The minimum atomic E-state index is 0.669. The maximum absolute atomic E-state index is 6.20. The first-order valence-electron chi connectivity index (χ1n) is 8.09. The summed E-state index contributed by atoms with van der Waals surface area (Å²) in [5, 5.41) is 14.6. The molecule has 1 aliphatic heterocycles. The summed E-state index contributed by atoms with van der Waals surface area (Å²) in [6.45, 7) is 0. The third-order valence-corrected chi connectivity index (χ3v) is 5.08. The third-order valence-electron chi connectivity index (χ3n) is 4.35. The van der Waals surface area contributed by atoms with Crippen molar-refractivity contribution >= 4 is 55.7 Å². The van der Waals surface area contributed by atoms with Crippen LogP contribution in [0.1, 0.15) is 11.1 Å². The van der Waals surface area contributed by atoms with Gasteiger partial charge >= 0.3 is 0 Å². The number of aromatic nitrogens is 2. The Labute approximate surface area is 163 Å². The second-order valence-electron chi connectivity index (χ2n) is 6.03. The van der Waals surface area contributed by atoms with E-state index in [9.17, 15) is 0 Å². The highest BCUT2D eigenvalue weighted by Crippen LogP contribution is 2.34. The van der Waals surface area contributed by atoms with Gasteiger partial charge in [-0.25, -0.2) is 0 Å². The zero-order valence-electron chi connectivity index (χ0n) is 13.4. The second-order valence-corrected chi connectivity index (χ2v) is 7.38. The number of benzene rings is 3. The quantitative estimate of drug-likeness (QED) is 0.370. The fraction of sp³-hybridized carbons (Fsp3) is 0. The zero-order valence-corrected chi connectivity index (χ0v) is 15.8. The number of hydrogen-bond acceptors (Lipinski definition) is 3. The lowest BCUT2D eigenvalue weighted by molar-refractivity contribution is 0.764. The van der Waals surface area contributed by atoms with Crippen LogP contribution < -0.4 is 5.32 Å². The molecule has 0 bridgehead atoms. The fourth-order valence-corrected chi connectivity index (χ4v) is 3.67. The molecule has 1 aliphatic rings. The molecule has 1 N–H and O–H groups in total. The van der Waals surface area contributed by atoms with Gasteiger partial charge in [0.15, 0.2) is 5.82 Å². The van der Waals surface area contributed by atoms with E-state index in [0.717, 1.165) is 43.7 Å². The number of rotatable bonds is 1. The first-order valence-corrected chi connectivity index (χ1v) is 9.26. The number of halogens is 2. The maximum atomic E-state index is 6.20. The van der Waals surface area contributed by atoms with E-state index in [4.69, 9.17) is 16.7 Å². The first-order chi connectivity index (χ1) is 12.7. The van der Waals surface area contributed by atoms with Gasteiger partial charge < -0.3 is 5.32 Å². The van der Waals surface area contributed by atoms with Gasteiger partial charge in [-0.1, -0.05) is 57.9 Å². The van der Waals surface area contributed by atoms with E-state index in [1.807, 2.05) is 48.5 Å². The second kappa shape index (κ2) is 5.97. The van der Waals surface area contributed by atoms with Gasteiger partial charge in [-0.05, 0) is 36.4 Å². The van der Waals surface area contributed by atoms with Crippen LogP contribution in [-0.4, -0.2) is 15.6 Å². The summed E-state index contributed by atoms with van der Waals surface area (Å²) in [5.74, 6) is 0.803. The van der Waals surface area contributed by atoms with Crippen LogP contribution in [0.5, 0.6) is 0 Å². The molecule has 0 fully saturated rings. The van der Waals surface area contributed by atoms with Gasteiger partial charge in [-0.2, -0.15) is 0 Å². The molecule has 1 aromatic heterocycles. The highest BCUT2D eigenvalue weighted by atomic mass is 79.9. The predicted octanol–water partition coefficient (Wildman–Crippen LogP) is 5.81. The molecule has 3 aromatic carbocycles. The molecule has 0 amide bonds. The minimum Gasteiger partial charge on any atom is -0.338 e. The fourth-order valence-electron chi connectivity index (χ4n) is 3.14. The molecular weight excluding hydrogens is 412 g/mol.